The summed E-state index contributed by atoms with van der Waals surface area (Å²) in [5.41, 5.74) is -2.47. The van der Waals surface area contributed by atoms with Crippen molar-refractivity contribution in [1.82, 2.24) is 41.2 Å². The highest BCUT2D eigenvalue weighted by Crippen LogP contribution is 2.43. The topological polar surface area (TPSA) is 265 Å². The lowest BCUT2D eigenvalue weighted by Gasteiger charge is -2.36. The van der Waals surface area contributed by atoms with Crippen molar-refractivity contribution in [2.45, 2.75) is 135 Å². The number of carbonyl (C=O) groups is 6. The second kappa shape index (κ2) is 20.8. The van der Waals surface area contributed by atoms with E-state index in [2.05, 4.69) is 46.9 Å². The zero-order valence-electron chi connectivity index (χ0n) is 39.4. The van der Waals surface area contributed by atoms with Crippen LogP contribution < -0.4 is 26.6 Å². The lowest BCUT2D eigenvalue weighted by Crippen LogP contribution is -2.70. The molecule has 364 valence electrons. The Hall–Kier alpha value is -7.10. The predicted molar refractivity (Wildman–Crippen MR) is 247 cm³/mol. The molecule has 0 radical (unpaired) electrons. The fourth-order valence-corrected chi connectivity index (χ4v) is 7.17. The van der Waals surface area contributed by atoms with Gasteiger partial charge in [0.15, 0.2) is 16.9 Å². The average Bonchev–Trinajstić information content (AvgIpc) is 3.65. The van der Waals surface area contributed by atoms with Crippen LogP contribution in [0, 0.1) is 0 Å². The third-order valence-electron chi connectivity index (χ3n) is 9.75. The van der Waals surface area contributed by atoms with Crippen LogP contribution in [0.2, 0.25) is 0 Å². The SMILES string of the molecule is CC(C)(C)OC(=O)NCC[C@H](NC(=O)OC(C)(C)C)c1cnn(C[C@H]2NC(=O)[C@H]2NC(=O)C(=NOC2(C(=O)OC(c3ccccc3)c3ccccc3)CC2)c2csc(NC(=O)OC(C)(C)C)n2)n1. The highest BCUT2D eigenvalue weighted by atomic mass is 32.1. The normalized spacial score (nSPS) is 17.1. The number of ether oxygens (including phenoxy) is 4. The summed E-state index contributed by atoms with van der Waals surface area (Å²) >= 11 is 0.978. The molecule has 3 atom stereocenters. The Kier molecular flexibility index (Phi) is 15.4. The maximum absolute atomic E-state index is 14.2. The fraction of sp³-hybridized carbons (Fsp3) is 0.478. The quantitative estimate of drug-likeness (QED) is 0.0274. The van der Waals surface area contributed by atoms with Gasteiger partial charge in [0.1, 0.15) is 34.2 Å². The molecule has 2 fully saturated rings. The van der Waals surface area contributed by atoms with Gasteiger partial charge in [-0.05, 0) is 79.9 Å². The van der Waals surface area contributed by atoms with Crippen LogP contribution in [-0.2, 0) is 44.7 Å². The molecule has 2 aliphatic rings. The van der Waals surface area contributed by atoms with Crippen molar-refractivity contribution < 1.29 is 52.6 Å². The molecular formula is C46H58N10O11S. The van der Waals surface area contributed by atoms with Crippen LogP contribution in [0.1, 0.15) is 116 Å². The molecule has 1 saturated heterocycles. The zero-order valence-corrected chi connectivity index (χ0v) is 40.2. The summed E-state index contributed by atoms with van der Waals surface area (Å²) in [6.45, 7) is 15.6. The number of nitrogens with one attached hydrogen (secondary N) is 5. The summed E-state index contributed by atoms with van der Waals surface area (Å²) < 4.78 is 22.2. The van der Waals surface area contributed by atoms with Gasteiger partial charge < -0.3 is 45.1 Å². The summed E-state index contributed by atoms with van der Waals surface area (Å²) in [7, 11) is 0. The van der Waals surface area contributed by atoms with Crippen LogP contribution in [0.4, 0.5) is 19.5 Å². The van der Waals surface area contributed by atoms with E-state index in [4.69, 9.17) is 23.8 Å². The number of alkyl carbamates (subject to hydrolysis) is 2. The Morgan fingerprint density at radius 2 is 1.44 bits per heavy atom. The molecule has 3 heterocycles. The van der Waals surface area contributed by atoms with Crippen LogP contribution in [0.15, 0.2) is 77.4 Å². The van der Waals surface area contributed by atoms with Crippen molar-refractivity contribution in [3.63, 3.8) is 0 Å². The van der Waals surface area contributed by atoms with Crippen LogP contribution in [0.3, 0.4) is 0 Å². The minimum absolute atomic E-state index is 0.0193. The molecule has 4 aromatic rings. The van der Waals surface area contributed by atoms with E-state index in [-0.39, 0.29) is 43.2 Å². The van der Waals surface area contributed by atoms with Crippen LogP contribution in [-0.4, -0.2) is 103 Å². The smallest absolute Gasteiger partial charge is 0.413 e. The van der Waals surface area contributed by atoms with Gasteiger partial charge in [-0.15, -0.1) is 11.3 Å². The van der Waals surface area contributed by atoms with Gasteiger partial charge in [-0.25, -0.2) is 24.2 Å². The fourth-order valence-electron chi connectivity index (χ4n) is 6.49. The first-order valence-corrected chi connectivity index (χ1v) is 22.8. The molecule has 5 N–H and O–H groups in total. The molecule has 2 aromatic carbocycles. The van der Waals surface area contributed by atoms with E-state index in [0.29, 0.717) is 5.69 Å². The van der Waals surface area contributed by atoms with E-state index in [9.17, 15) is 28.8 Å². The number of benzene rings is 2. The first kappa shape index (κ1) is 50.3. The van der Waals surface area contributed by atoms with Gasteiger partial charge in [-0.3, -0.25) is 14.9 Å². The van der Waals surface area contributed by atoms with Crippen molar-refractivity contribution in [1.29, 1.82) is 0 Å². The third kappa shape index (κ3) is 14.4. The second-order valence-corrected chi connectivity index (χ2v) is 20.0. The minimum atomic E-state index is -1.53. The van der Waals surface area contributed by atoms with Gasteiger partial charge in [-0.2, -0.15) is 15.0 Å². The number of oxime groups is 1. The van der Waals surface area contributed by atoms with Gasteiger partial charge >= 0.3 is 24.2 Å². The van der Waals surface area contributed by atoms with Crippen molar-refractivity contribution in [3.05, 3.63) is 94.8 Å². The summed E-state index contributed by atoms with van der Waals surface area (Å²) in [5, 5.41) is 28.0. The number of aromatic nitrogens is 4. The molecule has 2 aromatic heterocycles. The molecule has 0 unspecified atom stereocenters. The molecule has 5 amide bonds. The van der Waals surface area contributed by atoms with Crippen molar-refractivity contribution >= 4 is 58.2 Å². The molecule has 0 bridgehead atoms. The Morgan fingerprint density at radius 1 is 0.853 bits per heavy atom. The molecule has 0 spiro atoms. The van der Waals surface area contributed by atoms with Gasteiger partial charge in [0, 0.05) is 24.8 Å². The van der Waals surface area contributed by atoms with Gasteiger partial charge in [0.2, 0.25) is 11.5 Å². The van der Waals surface area contributed by atoms with Gasteiger partial charge in [0.25, 0.3) is 5.91 Å². The number of thiazole rings is 1. The molecule has 68 heavy (non-hydrogen) atoms. The second-order valence-electron chi connectivity index (χ2n) is 19.1. The molecule has 21 nitrogen and oxygen atoms in total. The number of β-lactam (4-membered cyclic amide) rings is 1. The van der Waals surface area contributed by atoms with Crippen molar-refractivity contribution in [2.24, 2.45) is 5.16 Å². The predicted octanol–water partition coefficient (Wildman–Crippen LogP) is 5.83. The molecule has 1 aliphatic heterocycles. The summed E-state index contributed by atoms with van der Waals surface area (Å²) in [5.74, 6) is -2.10. The number of hydrogen-bond acceptors (Lipinski definition) is 16. The number of hydrogen-bond donors (Lipinski definition) is 5. The Morgan fingerprint density at radius 3 is 2.01 bits per heavy atom. The Balaban J connectivity index is 1.18. The molecule has 1 aliphatic carbocycles. The maximum atomic E-state index is 14.2. The maximum Gasteiger partial charge on any atom is 0.413 e. The Bertz CT molecular complexity index is 2430. The monoisotopic (exact) mass is 958 g/mol. The Labute approximate surface area is 397 Å². The molecule has 1 saturated carbocycles. The number of anilines is 1. The van der Waals surface area contributed by atoms with E-state index < -0.39 is 88.4 Å². The first-order chi connectivity index (χ1) is 32.0. The number of esters is 1. The van der Waals surface area contributed by atoms with E-state index in [0.717, 1.165) is 22.5 Å². The van der Waals surface area contributed by atoms with Crippen molar-refractivity contribution in [2.75, 3.05) is 11.9 Å². The number of carbonyl (C=O) groups excluding carboxylic acids is 6. The number of amides is 5. The van der Waals surface area contributed by atoms with E-state index >= 15 is 0 Å². The summed E-state index contributed by atoms with van der Waals surface area (Å²) in [6, 6.07) is 15.8. The molecule has 6 rings (SSSR count). The highest BCUT2D eigenvalue weighted by Gasteiger charge is 2.56. The molecule has 22 heteroatoms. The lowest BCUT2D eigenvalue weighted by molar-refractivity contribution is -0.164. The van der Waals surface area contributed by atoms with Crippen LogP contribution >= 0.6 is 11.3 Å². The van der Waals surface area contributed by atoms with Crippen molar-refractivity contribution in [3.8, 4) is 0 Å². The number of rotatable bonds is 17. The van der Waals surface area contributed by atoms with E-state index in [1.165, 1.54) is 16.4 Å². The van der Waals surface area contributed by atoms with E-state index in [1.807, 2.05) is 60.7 Å². The minimum Gasteiger partial charge on any atom is -0.450 e. The average molecular weight is 959 g/mol. The van der Waals surface area contributed by atoms with E-state index in [1.54, 1.807) is 62.3 Å². The molecular weight excluding hydrogens is 901 g/mol. The highest BCUT2D eigenvalue weighted by molar-refractivity contribution is 7.14. The third-order valence-corrected chi connectivity index (χ3v) is 10.5. The van der Waals surface area contributed by atoms with Gasteiger partial charge in [0.05, 0.1) is 24.8 Å². The van der Waals surface area contributed by atoms with Gasteiger partial charge in [-0.1, -0.05) is 65.8 Å². The largest absolute Gasteiger partial charge is 0.450 e. The van der Waals surface area contributed by atoms with Crippen LogP contribution in [0.5, 0.6) is 0 Å². The summed E-state index contributed by atoms with van der Waals surface area (Å²) in [6.07, 6.45) is -0.803. The number of nitrogens with zero attached hydrogens (tertiary/aromatic N) is 5. The zero-order chi connectivity index (χ0) is 49.4. The van der Waals surface area contributed by atoms with Crippen LogP contribution in [0.25, 0.3) is 0 Å². The standard InChI is InChI=1S/C46H58N10O11S/c1-43(2,3)64-40(60)47-23-20-29(51-41(61)65-44(4,5)6)30-24-48-56(54-30)25-31-33(36(57)49-31)52-37(58)34(32-26-68-39(50-32)53-42(62)66-45(7,8)9)55-67-46(21-22-46)38(59)63-35(27-16-12-10-13-17-27)28-18-14-11-15-19-28/h10-19,24,26,29,31,33,35H,20-23,25H2,1-9H3,(H,47,60)(H,49,57)(H,51,61)(H,52,58)(H,50,53,62)/t29-,31+,33-/m0/s1. The lowest BCUT2D eigenvalue weighted by atomic mass is 9.98. The summed E-state index contributed by atoms with van der Waals surface area (Å²) in [4.78, 5) is 90.5. The first-order valence-electron chi connectivity index (χ1n) is 22.0.